The molecule has 6 heteroatoms. The van der Waals surface area contributed by atoms with Crippen molar-refractivity contribution in [2.45, 2.75) is 0 Å². The molecule has 0 unspecified atom stereocenters. The summed E-state index contributed by atoms with van der Waals surface area (Å²) in [5, 5.41) is 16.5. The lowest BCUT2D eigenvalue weighted by atomic mass is 10.00. The molecule has 0 aliphatic rings. The highest BCUT2D eigenvalue weighted by Gasteiger charge is 2.24. The summed E-state index contributed by atoms with van der Waals surface area (Å²) in [5.41, 5.74) is 6.04. The number of fused-ring (bicyclic) bond motifs is 11. The molecule has 0 N–H and O–H groups in total. The molecule has 0 aliphatic carbocycles. The second-order valence-electron chi connectivity index (χ2n) is 10.4. The van der Waals surface area contributed by atoms with Gasteiger partial charge < -0.3 is 0 Å². The molecule has 9 rings (SSSR count). The zero-order valence-corrected chi connectivity index (χ0v) is 22.9. The third-order valence-electron chi connectivity index (χ3n) is 8.06. The summed E-state index contributed by atoms with van der Waals surface area (Å²) in [7, 11) is 0. The molecule has 42 heavy (non-hydrogen) atoms. The lowest BCUT2D eigenvalue weighted by Gasteiger charge is -2.12. The number of para-hydroxylation sites is 1. The van der Waals surface area contributed by atoms with Crippen LogP contribution in [0.1, 0.15) is 5.56 Å². The van der Waals surface area contributed by atoms with E-state index in [1.807, 2.05) is 60.8 Å². The van der Waals surface area contributed by atoms with E-state index >= 15 is 0 Å². The summed E-state index contributed by atoms with van der Waals surface area (Å²) in [5.74, 6) is 0.577. The highest BCUT2D eigenvalue weighted by Crippen LogP contribution is 2.47. The highest BCUT2D eigenvalue weighted by molar-refractivity contribution is 7.27. The van der Waals surface area contributed by atoms with Crippen LogP contribution in [0.3, 0.4) is 0 Å². The summed E-state index contributed by atoms with van der Waals surface area (Å²) in [6.45, 7) is 0. The van der Waals surface area contributed by atoms with Crippen LogP contribution in [0.4, 0.5) is 0 Å². The normalized spacial score (nSPS) is 11.8. The van der Waals surface area contributed by atoms with Crippen LogP contribution in [-0.2, 0) is 0 Å². The van der Waals surface area contributed by atoms with Crippen molar-refractivity contribution in [3.63, 3.8) is 0 Å². The zero-order valence-electron chi connectivity index (χ0n) is 22.1. The first-order valence-electron chi connectivity index (χ1n) is 13.7. The Bertz CT molecular complexity index is 2600. The molecule has 4 aromatic heterocycles. The van der Waals surface area contributed by atoms with Crippen LogP contribution in [0, 0.1) is 11.3 Å². The standard InChI is InChI=1S/C36H19N5S/c37-20-21-9-7-10-22(19-21)32-25-13-3-5-15-27(25)39-36(40-32)41-28-16-8-18-38-33(28)31-24-12-2-1-11-23(24)30-26-14-4-6-17-29(26)42-35(30)34(31)41/h1-19H. The molecule has 0 fully saturated rings. The Morgan fingerprint density at radius 3 is 2.31 bits per heavy atom. The van der Waals surface area contributed by atoms with Crippen molar-refractivity contribution >= 4 is 75.1 Å². The second kappa shape index (κ2) is 8.68. The minimum Gasteiger partial charge on any atom is -0.275 e. The number of rotatable bonds is 2. The number of nitriles is 1. The van der Waals surface area contributed by atoms with E-state index < -0.39 is 0 Å². The van der Waals surface area contributed by atoms with Gasteiger partial charge in [0.2, 0.25) is 5.95 Å². The number of hydrogen-bond acceptors (Lipinski definition) is 5. The maximum Gasteiger partial charge on any atom is 0.235 e. The van der Waals surface area contributed by atoms with Gasteiger partial charge >= 0.3 is 0 Å². The Balaban J connectivity index is 1.51. The van der Waals surface area contributed by atoms with Crippen molar-refractivity contribution in [1.29, 1.82) is 5.26 Å². The van der Waals surface area contributed by atoms with E-state index in [1.165, 1.54) is 25.6 Å². The molecule has 0 atom stereocenters. The molecular formula is C36H19N5S. The molecule has 194 valence electrons. The van der Waals surface area contributed by atoms with Crippen molar-refractivity contribution < 1.29 is 0 Å². The Morgan fingerprint density at radius 2 is 1.45 bits per heavy atom. The quantitative estimate of drug-likeness (QED) is 0.214. The molecule has 9 aromatic rings. The fourth-order valence-electron chi connectivity index (χ4n) is 6.31. The van der Waals surface area contributed by atoms with E-state index in [1.54, 1.807) is 11.3 Å². The van der Waals surface area contributed by atoms with Gasteiger partial charge in [-0.1, -0.05) is 72.8 Å². The van der Waals surface area contributed by atoms with Gasteiger partial charge in [-0.2, -0.15) is 5.26 Å². The molecule has 0 saturated carbocycles. The minimum absolute atomic E-state index is 0.577. The summed E-state index contributed by atoms with van der Waals surface area (Å²) in [6.07, 6.45) is 1.86. The van der Waals surface area contributed by atoms with Crippen LogP contribution in [0.15, 0.2) is 115 Å². The van der Waals surface area contributed by atoms with E-state index in [9.17, 15) is 5.26 Å². The van der Waals surface area contributed by atoms with Crippen molar-refractivity contribution in [3.05, 3.63) is 121 Å². The molecule has 0 spiro atoms. The minimum atomic E-state index is 0.577. The van der Waals surface area contributed by atoms with Gasteiger partial charge in [-0.15, -0.1) is 11.3 Å². The number of aromatic nitrogens is 4. The molecule has 0 aliphatic heterocycles. The number of thiophene rings is 1. The first-order valence-corrected chi connectivity index (χ1v) is 14.5. The molecule has 4 heterocycles. The molecule has 0 radical (unpaired) electrons. The first-order chi connectivity index (χ1) is 20.8. The first kappa shape index (κ1) is 23.1. The Morgan fingerprint density at radius 1 is 0.690 bits per heavy atom. The lowest BCUT2D eigenvalue weighted by molar-refractivity contribution is 1.02. The van der Waals surface area contributed by atoms with E-state index in [2.05, 4.69) is 65.2 Å². The molecule has 0 bridgehead atoms. The van der Waals surface area contributed by atoms with Crippen LogP contribution in [0.2, 0.25) is 0 Å². The topological polar surface area (TPSA) is 67.4 Å². The molecule has 0 amide bonds. The van der Waals surface area contributed by atoms with Gasteiger partial charge in [0.25, 0.3) is 0 Å². The predicted molar refractivity (Wildman–Crippen MR) is 172 cm³/mol. The van der Waals surface area contributed by atoms with E-state index in [0.717, 1.165) is 49.5 Å². The highest BCUT2D eigenvalue weighted by atomic mass is 32.1. The van der Waals surface area contributed by atoms with Crippen molar-refractivity contribution in [2.75, 3.05) is 0 Å². The average molecular weight is 554 g/mol. The van der Waals surface area contributed by atoms with Gasteiger partial charge in [0.1, 0.15) is 0 Å². The van der Waals surface area contributed by atoms with Crippen LogP contribution in [0.25, 0.3) is 81.0 Å². The van der Waals surface area contributed by atoms with Crippen molar-refractivity contribution in [1.82, 2.24) is 19.5 Å². The smallest absolute Gasteiger partial charge is 0.235 e. The van der Waals surface area contributed by atoms with E-state index in [4.69, 9.17) is 15.0 Å². The SMILES string of the molecule is N#Cc1cccc(-c2nc(-n3c4cccnc4c4c5ccccc5c5c6ccccc6sc5c43)nc3ccccc23)c1. The Hall–Kier alpha value is -5.64. The van der Waals surface area contributed by atoms with E-state index in [-0.39, 0.29) is 0 Å². The third-order valence-corrected chi connectivity index (χ3v) is 9.23. The summed E-state index contributed by atoms with van der Waals surface area (Å²) in [6, 6.07) is 39.3. The lowest BCUT2D eigenvalue weighted by Crippen LogP contribution is -2.03. The summed E-state index contributed by atoms with van der Waals surface area (Å²) in [4.78, 5) is 15.3. The van der Waals surface area contributed by atoms with Gasteiger partial charge in [0.05, 0.1) is 44.1 Å². The monoisotopic (exact) mass is 553 g/mol. The zero-order chi connectivity index (χ0) is 27.8. The van der Waals surface area contributed by atoms with Gasteiger partial charge in [0.15, 0.2) is 0 Å². The second-order valence-corrected chi connectivity index (χ2v) is 11.4. The van der Waals surface area contributed by atoms with Crippen LogP contribution in [0.5, 0.6) is 0 Å². The molecular weight excluding hydrogens is 534 g/mol. The molecule has 5 nitrogen and oxygen atoms in total. The van der Waals surface area contributed by atoms with Gasteiger partial charge in [-0.3, -0.25) is 9.55 Å². The predicted octanol–water partition coefficient (Wildman–Crippen LogP) is 9.18. The maximum atomic E-state index is 9.62. The third kappa shape index (κ3) is 3.14. The van der Waals surface area contributed by atoms with Crippen LogP contribution in [-0.4, -0.2) is 19.5 Å². The van der Waals surface area contributed by atoms with Crippen LogP contribution < -0.4 is 0 Å². The number of hydrogen-bond donors (Lipinski definition) is 0. The van der Waals surface area contributed by atoms with Gasteiger partial charge in [-0.25, -0.2) is 9.97 Å². The Kier molecular flexibility index (Phi) is 4.77. The fraction of sp³-hybridized carbons (Fsp3) is 0. The van der Waals surface area contributed by atoms with Crippen molar-refractivity contribution in [2.24, 2.45) is 0 Å². The van der Waals surface area contributed by atoms with Crippen LogP contribution >= 0.6 is 11.3 Å². The summed E-state index contributed by atoms with van der Waals surface area (Å²) >= 11 is 1.80. The molecule has 0 saturated heterocycles. The van der Waals surface area contributed by atoms with Gasteiger partial charge in [0, 0.05) is 38.0 Å². The number of benzene rings is 5. The van der Waals surface area contributed by atoms with Crippen molar-refractivity contribution in [3.8, 4) is 23.3 Å². The number of pyridine rings is 1. The summed E-state index contributed by atoms with van der Waals surface area (Å²) < 4.78 is 4.61. The maximum absolute atomic E-state index is 9.62. The average Bonchev–Trinajstić information content (AvgIpc) is 3.61. The van der Waals surface area contributed by atoms with E-state index in [0.29, 0.717) is 11.5 Å². The number of nitrogens with zero attached hydrogens (tertiary/aromatic N) is 5. The fourth-order valence-corrected chi connectivity index (χ4v) is 7.57. The van der Waals surface area contributed by atoms with Gasteiger partial charge in [-0.05, 0) is 47.2 Å². The molecule has 5 aromatic carbocycles. The Labute approximate surface area is 243 Å². The largest absolute Gasteiger partial charge is 0.275 e.